The predicted molar refractivity (Wildman–Crippen MR) is 270 cm³/mol. The molecule has 1 aliphatic rings. The standard InChI is InChI=1S/C50H69N13O10/c1-29(2)23-37(61-48(72)39(26-31-13-7-4-8-14-31)60-44(68)34(51)24-32-17-19-33(64)20-18-32)47(71)62-38(25-30-11-5-3-6-12-30)45(69)57-28-42(66)63-22-10-16-40(63)49(73)58-35(15-9-21-56-50(54)55)46(70)59-36(43(53)67)27-41(52)65/h3-8,11-14,17-20,29,34-40,64H,9-10,15-16,21-28,51H2,1-2H3,(H2,52,65)(H2,53,67)(H,57,69)(H,58,73)(H,59,70)(H,60,68)(H,61,72)(H,62,71)(H4,54,55,56)/t34-,35-,36-,37-,38-,39-,40-/m0/s1. The van der Waals surface area contributed by atoms with Gasteiger partial charge in [0.15, 0.2) is 5.96 Å². The fourth-order valence-electron chi connectivity index (χ4n) is 8.08. The lowest BCUT2D eigenvalue weighted by atomic mass is 9.99. The third-order valence-electron chi connectivity index (χ3n) is 11.8. The molecule has 7 atom stereocenters. The molecule has 3 aromatic rings. The maximum Gasteiger partial charge on any atom is 0.243 e. The predicted octanol–water partition coefficient (Wildman–Crippen LogP) is -2.26. The summed E-state index contributed by atoms with van der Waals surface area (Å²) in [6, 6.07) is 15.4. The third-order valence-corrected chi connectivity index (χ3v) is 11.8. The number of nitrogens with two attached hydrogens (primary N) is 5. The minimum absolute atomic E-state index is 0.0159. The van der Waals surface area contributed by atoms with Crippen LogP contribution in [0.15, 0.2) is 89.9 Å². The number of hydrogen-bond donors (Lipinski definition) is 12. The van der Waals surface area contributed by atoms with Gasteiger partial charge in [0.05, 0.1) is 19.0 Å². The van der Waals surface area contributed by atoms with Gasteiger partial charge in [-0.3, -0.25) is 48.1 Å². The SMILES string of the molecule is CC(C)C[C@H](NC(=O)[C@H](Cc1ccccc1)NC(=O)[C@@H](N)Cc1ccc(O)cc1)C(=O)N[C@@H](Cc1ccccc1)C(=O)NCC(=O)N1CCC[C@H]1C(=O)N[C@@H](CCCN=C(N)N)C(=O)N[C@@H](CC(N)=O)C(N)=O. The van der Waals surface area contributed by atoms with E-state index in [4.69, 9.17) is 28.7 Å². The molecule has 0 bridgehead atoms. The Bertz CT molecular complexity index is 2400. The van der Waals surface area contributed by atoms with Crippen LogP contribution in [0.3, 0.4) is 0 Å². The van der Waals surface area contributed by atoms with Crippen LogP contribution in [0.25, 0.3) is 0 Å². The van der Waals surface area contributed by atoms with Gasteiger partial charge in [-0.15, -0.1) is 0 Å². The number of aliphatic imine (C=N–C) groups is 1. The average Bonchev–Trinajstić information content (AvgIpc) is 3.85. The first-order valence-electron chi connectivity index (χ1n) is 24.0. The quantitative estimate of drug-likeness (QED) is 0.0208. The van der Waals surface area contributed by atoms with Crippen molar-refractivity contribution in [2.45, 2.75) is 114 Å². The normalized spacial score (nSPS) is 15.5. The molecule has 1 fully saturated rings. The molecular weight excluding hydrogens is 943 g/mol. The van der Waals surface area contributed by atoms with Crippen LogP contribution in [0.2, 0.25) is 0 Å². The fraction of sp³-hybridized carbons (Fsp3) is 0.440. The zero-order chi connectivity index (χ0) is 53.6. The van der Waals surface area contributed by atoms with Crippen molar-refractivity contribution in [2.75, 3.05) is 19.6 Å². The van der Waals surface area contributed by atoms with Crippen molar-refractivity contribution in [2.24, 2.45) is 39.6 Å². The number of likely N-dealkylation sites (tertiary alicyclic amines) is 1. The Balaban J connectivity index is 1.48. The van der Waals surface area contributed by atoms with Gasteiger partial charge >= 0.3 is 0 Å². The van der Waals surface area contributed by atoms with Gasteiger partial charge in [-0.05, 0) is 73.3 Å². The van der Waals surface area contributed by atoms with Crippen LogP contribution >= 0.6 is 0 Å². The smallest absolute Gasteiger partial charge is 0.243 e. The van der Waals surface area contributed by atoms with Crippen molar-refractivity contribution < 1.29 is 48.3 Å². The maximum absolute atomic E-state index is 14.3. The summed E-state index contributed by atoms with van der Waals surface area (Å²) in [5, 5.41) is 25.6. The Morgan fingerprint density at radius 3 is 1.73 bits per heavy atom. The lowest BCUT2D eigenvalue weighted by molar-refractivity contribution is -0.140. The summed E-state index contributed by atoms with van der Waals surface area (Å²) in [5.74, 6) is -7.16. The van der Waals surface area contributed by atoms with Crippen molar-refractivity contribution in [3.05, 3.63) is 102 Å². The van der Waals surface area contributed by atoms with Crippen molar-refractivity contribution >= 4 is 59.1 Å². The van der Waals surface area contributed by atoms with Crippen LogP contribution in [0.5, 0.6) is 5.75 Å². The summed E-state index contributed by atoms with van der Waals surface area (Å²) < 4.78 is 0. The van der Waals surface area contributed by atoms with Gasteiger partial charge in [-0.25, -0.2) is 0 Å². The molecule has 1 heterocycles. The Hall–Kier alpha value is -8.08. The number of phenols is 1. The van der Waals surface area contributed by atoms with Gasteiger partial charge in [0.2, 0.25) is 53.2 Å². The van der Waals surface area contributed by atoms with Crippen LogP contribution in [0.4, 0.5) is 0 Å². The number of hydrogen-bond acceptors (Lipinski definition) is 12. The second-order valence-electron chi connectivity index (χ2n) is 18.3. The maximum atomic E-state index is 14.3. The monoisotopic (exact) mass is 1010 g/mol. The molecule has 17 N–H and O–H groups in total. The number of amides is 9. The highest BCUT2D eigenvalue weighted by molar-refractivity contribution is 5.98. The third kappa shape index (κ3) is 19.6. The van der Waals surface area contributed by atoms with Crippen LogP contribution in [-0.2, 0) is 62.4 Å². The number of rotatable bonds is 28. The van der Waals surface area contributed by atoms with E-state index in [-0.39, 0.29) is 75.7 Å². The first-order chi connectivity index (χ1) is 34.7. The van der Waals surface area contributed by atoms with E-state index < -0.39 is 108 Å². The zero-order valence-electron chi connectivity index (χ0n) is 41.1. The van der Waals surface area contributed by atoms with E-state index in [0.717, 1.165) is 5.56 Å². The van der Waals surface area contributed by atoms with Crippen LogP contribution in [-0.4, -0.2) is 131 Å². The minimum atomic E-state index is -1.46. The fourth-order valence-corrected chi connectivity index (χ4v) is 8.08. The molecular formula is C50H69N13O10. The van der Waals surface area contributed by atoms with Crippen LogP contribution < -0.4 is 60.6 Å². The molecule has 23 nitrogen and oxygen atoms in total. The Kier molecular flexibility index (Phi) is 22.6. The van der Waals surface area contributed by atoms with Crippen LogP contribution in [0, 0.1) is 5.92 Å². The second-order valence-corrected chi connectivity index (χ2v) is 18.3. The van der Waals surface area contributed by atoms with Crippen molar-refractivity contribution in [3.8, 4) is 5.75 Å². The molecule has 0 unspecified atom stereocenters. The number of aromatic hydroxyl groups is 1. The molecule has 0 saturated carbocycles. The highest BCUT2D eigenvalue weighted by atomic mass is 16.3. The molecule has 73 heavy (non-hydrogen) atoms. The number of primary amides is 2. The number of guanidine groups is 1. The molecule has 1 saturated heterocycles. The molecule has 9 amide bonds. The number of nitrogens with one attached hydrogen (secondary N) is 6. The number of phenolic OH excluding ortho intramolecular Hbond substituents is 1. The average molecular weight is 1010 g/mol. The van der Waals surface area contributed by atoms with E-state index in [1.165, 1.54) is 17.0 Å². The van der Waals surface area contributed by atoms with Gasteiger partial charge in [0.1, 0.15) is 42.0 Å². The van der Waals surface area contributed by atoms with E-state index >= 15 is 0 Å². The molecule has 0 aromatic heterocycles. The molecule has 394 valence electrons. The van der Waals surface area contributed by atoms with E-state index in [1.54, 1.807) is 72.8 Å². The summed E-state index contributed by atoms with van der Waals surface area (Å²) in [6.45, 7) is 3.33. The second kappa shape index (κ2) is 28.7. The van der Waals surface area contributed by atoms with Gasteiger partial charge in [0, 0.05) is 25.9 Å². The van der Waals surface area contributed by atoms with Gasteiger partial charge in [-0.2, -0.15) is 0 Å². The van der Waals surface area contributed by atoms with Gasteiger partial charge in [0.25, 0.3) is 0 Å². The number of benzene rings is 3. The van der Waals surface area contributed by atoms with Gasteiger partial charge in [-0.1, -0.05) is 86.6 Å². The summed E-state index contributed by atoms with van der Waals surface area (Å²) in [4.78, 5) is 126. The molecule has 0 spiro atoms. The lowest BCUT2D eigenvalue weighted by Crippen LogP contribution is -2.59. The van der Waals surface area contributed by atoms with Crippen LogP contribution in [0.1, 0.15) is 69.1 Å². The first kappa shape index (κ1) is 57.5. The lowest BCUT2D eigenvalue weighted by Gasteiger charge is -2.28. The number of nitrogens with zero attached hydrogens (tertiary/aromatic N) is 2. The summed E-state index contributed by atoms with van der Waals surface area (Å²) in [5.41, 5.74) is 29.8. The van der Waals surface area contributed by atoms with Crippen molar-refractivity contribution in [3.63, 3.8) is 0 Å². The Morgan fingerprint density at radius 1 is 0.644 bits per heavy atom. The van der Waals surface area contributed by atoms with Crippen molar-refractivity contribution in [1.29, 1.82) is 0 Å². The van der Waals surface area contributed by atoms with E-state index in [2.05, 4.69) is 36.9 Å². The summed E-state index contributed by atoms with van der Waals surface area (Å²) >= 11 is 0. The summed E-state index contributed by atoms with van der Waals surface area (Å²) in [7, 11) is 0. The van der Waals surface area contributed by atoms with E-state index in [0.29, 0.717) is 17.5 Å². The topological polar surface area (TPSA) is 392 Å². The van der Waals surface area contributed by atoms with Gasteiger partial charge < -0.3 is 70.6 Å². The summed E-state index contributed by atoms with van der Waals surface area (Å²) in [6.07, 6.45) is 0.486. The Labute approximate surface area is 423 Å². The van der Waals surface area contributed by atoms with E-state index in [9.17, 15) is 48.3 Å². The number of carbonyl (C=O) groups excluding carboxylic acids is 9. The number of carbonyl (C=O) groups is 9. The molecule has 4 rings (SSSR count). The molecule has 23 heteroatoms. The Morgan fingerprint density at radius 2 is 1.16 bits per heavy atom. The molecule has 3 aromatic carbocycles. The molecule has 0 radical (unpaired) electrons. The highest BCUT2D eigenvalue weighted by Crippen LogP contribution is 2.19. The highest BCUT2D eigenvalue weighted by Gasteiger charge is 2.37. The van der Waals surface area contributed by atoms with Crippen molar-refractivity contribution in [1.82, 2.24) is 36.8 Å². The largest absolute Gasteiger partial charge is 0.508 e. The molecule has 0 aliphatic carbocycles. The first-order valence-corrected chi connectivity index (χ1v) is 24.0. The zero-order valence-corrected chi connectivity index (χ0v) is 41.1. The minimum Gasteiger partial charge on any atom is -0.508 e. The van der Waals surface area contributed by atoms with E-state index in [1.807, 2.05) is 13.8 Å². The molecule has 1 aliphatic heterocycles.